The van der Waals surface area contributed by atoms with E-state index in [4.69, 9.17) is 0 Å². The van der Waals surface area contributed by atoms with Gasteiger partial charge < -0.3 is 10.2 Å². The molecular formula is C14H19F3N2. The highest BCUT2D eigenvalue weighted by molar-refractivity contribution is 5.49. The predicted octanol–water partition coefficient (Wildman–Crippen LogP) is 3.07. The van der Waals surface area contributed by atoms with Gasteiger partial charge in [-0.15, -0.1) is 0 Å². The van der Waals surface area contributed by atoms with Crippen LogP contribution in [0.3, 0.4) is 0 Å². The summed E-state index contributed by atoms with van der Waals surface area (Å²) in [5.41, 5.74) is -0.0989. The molecule has 1 heterocycles. The molecule has 1 aliphatic heterocycles. The molecule has 106 valence electrons. The van der Waals surface area contributed by atoms with Crippen molar-refractivity contribution in [2.24, 2.45) is 0 Å². The van der Waals surface area contributed by atoms with Crippen molar-refractivity contribution in [2.75, 3.05) is 24.5 Å². The van der Waals surface area contributed by atoms with Crippen LogP contribution in [-0.4, -0.2) is 25.7 Å². The topological polar surface area (TPSA) is 15.3 Å². The van der Waals surface area contributed by atoms with E-state index in [0.717, 1.165) is 37.9 Å². The maximum Gasteiger partial charge on any atom is 0.152 e. The van der Waals surface area contributed by atoms with Crippen LogP contribution in [0.15, 0.2) is 12.1 Å². The van der Waals surface area contributed by atoms with Crippen LogP contribution in [0.4, 0.5) is 18.9 Å². The Morgan fingerprint density at radius 2 is 1.89 bits per heavy atom. The van der Waals surface area contributed by atoms with E-state index in [2.05, 4.69) is 12.2 Å². The molecule has 2 nitrogen and oxygen atoms in total. The molecule has 0 saturated carbocycles. The number of hydrogen-bond donors (Lipinski definition) is 1. The van der Waals surface area contributed by atoms with Crippen LogP contribution in [0.2, 0.25) is 0 Å². The molecule has 2 rings (SSSR count). The molecule has 0 amide bonds. The van der Waals surface area contributed by atoms with Crippen molar-refractivity contribution in [3.05, 3.63) is 29.6 Å². The van der Waals surface area contributed by atoms with Gasteiger partial charge in [0.2, 0.25) is 0 Å². The highest BCUT2D eigenvalue weighted by Crippen LogP contribution is 2.25. The summed E-state index contributed by atoms with van der Waals surface area (Å²) in [5.74, 6) is -2.52. The lowest BCUT2D eigenvalue weighted by Crippen LogP contribution is -2.40. The molecule has 1 unspecified atom stereocenters. The minimum absolute atomic E-state index is 0.0989. The van der Waals surface area contributed by atoms with Crippen LogP contribution < -0.4 is 10.2 Å². The summed E-state index contributed by atoms with van der Waals surface area (Å²) < 4.78 is 40.5. The van der Waals surface area contributed by atoms with Gasteiger partial charge in [0.15, 0.2) is 11.6 Å². The van der Waals surface area contributed by atoms with Gasteiger partial charge >= 0.3 is 0 Å². The van der Waals surface area contributed by atoms with Crippen LogP contribution >= 0.6 is 0 Å². The smallest absolute Gasteiger partial charge is 0.152 e. The molecule has 0 aliphatic carbocycles. The summed E-state index contributed by atoms with van der Waals surface area (Å²) >= 11 is 0. The number of anilines is 1. The van der Waals surface area contributed by atoms with Gasteiger partial charge in [0, 0.05) is 31.3 Å². The van der Waals surface area contributed by atoms with E-state index in [-0.39, 0.29) is 5.69 Å². The average Bonchev–Trinajstić information content (AvgIpc) is 2.31. The Hall–Kier alpha value is -1.23. The number of halogens is 3. The van der Waals surface area contributed by atoms with Gasteiger partial charge in [-0.25, -0.2) is 13.2 Å². The Labute approximate surface area is 111 Å². The third-order valence-corrected chi connectivity index (χ3v) is 3.58. The van der Waals surface area contributed by atoms with Crippen LogP contribution in [0.5, 0.6) is 0 Å². The van der Waals surface area contributed by atoms with E-state index in [1.54, 1.807) is 4.90 Å². The molecule has 5 heteroatoms. The second-order valence-corrected chi connectivity index (χ2v) is 4.91. The van der Waals surface area contributed by atoms with Crippen molar-refractivity contribution < 1.29 is 13.2 Å². The molecule has 0 aromatic heterocycles. The highest BCUT2D eigenvalue weighted by atomic mass is 19.1. The van der Waals surface area contributed by atoms with E-state index in [1.807, 2.05) is 0 Å². The maximum absolute atomic E-state index is 13.8. The minimum Gasteiger partial charge on any atom is -0.367 e. The van der Waals surface area contributed by atoms with Crippen molar-refractivity contribution >= 4 is 5.69 Å². The number of benzene rings is 1. The van der Waals surface area contributed by atoms with Crippen molar-refractivity contribution in [3.8, 4) is 0 Å². The van der Waals surface area contributed by atoms with Crippen LogP contribution in [0, 0.1) is 17.5 Å². The molecule has 1 atom stereocenters. The summed E-state index contributed by atoms with van der Waals surface area (Å²) in [4.78, 5) is 1.69. The van der Waals surface area contributed by atoms with Crippen molar-refractivity contribution in [1.29, 1.82) is 0 Å². The molecule has 0 spiro atoms. The zero-order chi connectivity index (χ0) is 13.8. The van der Waals surface area contributed by atoms with Gasteiger partial charge in [0.05, 0.1) is 0 Å². The molecule has 1 fully saturated rings. The largest absolute Gasteiger partial charge is 0.367 e. The van der Waals surface area contributed by atoms with Gasteiger partial charge in [0.25, 0.3) is 0 Å². The van der Waals surface area contributed by atoms with E-state index < -0.39 is 17.5 Å². The fraction of sp³-hybridized carbons (Fsp3) is 0.571. The fourth-order valence-electron chi connectivity index (χ4n) is 2.51. The molecule has 1 aromatic carbocycles. The summed E-state index contributed by atoms with van der Waals surface area (Å²) in [6, 6.07) is 1.86. The first kappa shape index (κ1) is 14.2. The molecule has 19 heavy (non-hydrogen) atoms. The number of rotatable bonds is 2. The van der Waals surface area contributed by atoms with E-state index in [0.29, 0.717) is 19.1 Å². The Morgan fingerprint density at radius 3 is 2.53 bits per heavy atom. The Kier molecular flexibility index (Phi) is 4.69. The lowest BCUT2D eigenvalue weighted by atomic mass is 10.1. The lowest BCUT2D eigenvalue weighted by molar-refractivity contribution is 0.433. The zero-order valence-corrected chi connectivity index (χ0v) is 11.1. The van der Waals surface area contributed by atoms with E-state index in [1.165, 1.54) is 0 Å². The number of nitrogens with one attached hydrogen (secondary N) is 1. The Morgan fingerprint density at radius 1 is 1.21 bits per heavy atom. The SMILES string of the molecule is CCC1CCN(c2c(F)cc(F)cc2F)CCCN1. The molecular weight excluding hydrogens is 253 g/mol. The second-order valence-electron chi connectivity index (χ2n) is 4.91. The third-order valence-electron chi connectivity index (χ3n) is 3.58. The average molecular weight is 272 g/mol. The lowest BCUT2D eigenvalue weighted by Gasteiger charge is -2.30. The summed E-state index contributed by atoms with van der Waals surface area (Å²) in [6.45, 7) is 4.07. The quantitative estimate of drug-likeness (QED) is 0.890. The zero-order valence-electron chi connectivity index (χ0n) is 11.1. The normalized spacial score (nSPS) is 21.1. The van der Waals surface area contributed by atoms with Crippen LogP contribution in [-0.2, 0) is 0 Å². The monoisotopic (exact) mass is 272 g/mol. The van der Waals surface area contributed by atoms with Gasteiger partial charge in [-0.05, 0) is 25.8 Å². The standard InChI is InChI=1S/C14H19F3N2/c1-2-11-4-7-19(6-3-5-18-11)14-12(16)8-10(15)9-13(14)17/h8-9,11,18H,2-7H2,1H3. The van der Waals surface area contributed by atoms with E-state index >= 15 is 0 Å². The van der Waals surface area contributed by atoms with Gasteiger partial charge in [0.1, 0.15) is 11.5 Å². The third kappa shape index (κ3) is 3.41. The highest BCUT2D eigenvalue weighted by Gasteiger charge is 2.20. The Bertz CT molecular complexity index is 414. The number of hydrogen-bond acceptors (Lipinski definition) is 2. The second kappa shape index (κ2) is 6.28. The molecule has 1 aliphatic rings. The predicted molar refractivity (Wildman–Crippen MR) is 69.8 cm³/mol. The summed E-state index contributed by atoms with van der Waals surface area (Å²) in [7, 11) is 0. The van der Waals surface area contributed by atoms with Crippen molar-refractivity contribution in [2.45, 2.75) is 32.2 Å². The van der Waals surface area contributed by atoms with Crippen molar-refractivity contribution in [3.63, 3.8) is 0 Å². The molecule has 1 N–H and O–H groups in total. The number of nitrogens with zero attached hydrogens (tertiary/aromatic N) is 1. The fourth-order valence-corrected chi connectivity index (χ4v) is 2.51. The summed E-state index contributed by atoms with van der Waals surface area (Å²) in [5, 5.41) is 3.41. The van der Waals surface area contributed by atoms with Crippen LogP contribution in [0.1, 0.15) is 26.2 Å². The van der Waals surface area contributed by atoms with E-state index in [9.17, 15) is 13.2 Å². The van der Waals surface area contributed by atoms with Crippen LogP contribution in [0.25, 0.3) is 0 Å². The molecule has 1 saturated heterocycles. The first-order valence-electron chi connectivity index (χ1n) is 6.74. The first-order chi connectivity index (χ1) is 9.11. The molecule has 0 radical (unpaired) electrons. The molecule has 0 bridgehead atoms. The maximum atomic E-state index is 13.8. The first-order valence-corrected chi connectivity index (χ1v) is 6.74. The van der Waals surface area contributed by atoms with Gasteiger partial charge in [-0.1, -0.05) is 6.92 Å². The van der Waals surface area contributed by atoms with Gasteiger partial charge in [-0.2, -0.15) is 0 Å². The minimum atomic E-state index is -0.876. The van der Waals surface area contributed by atoms with Crippen molar-refractivity contribution in [1.82, 2.24) is 5.32 Å². The Balaban J connectivity index is 2.20. The molecule has 1 aromatic rings. The summed E-state index contributed by atoms with van der Waals surface area (Å²) in [6.07, 6.45) is 2.63. The van der Waals surface area contributed by atoms with Gasteiger partial charge in [-0.3, -0.25) is 0 Å².